The van der Waals surface area contributed by atoms with Crippen LogP contribution in [-0.2, 0) is 34.8 Å². The highest BCUT2D eigenvalue weighted by Crippen LogP contribution is 2.31. The van der Waals surface area contributed by atoms with Gasteiger partial charge in [-0.05, 0) is 60.4 Å². The third kappa shape index (κ3) is 8.40. The highest BCUT2D eigenvalue weighted by Gasteiger charge is 2.32. The number of hydrogen-bond donors (Lipinski definition) is 1. The number of alkyl halides is 6. The summed E-state index contributed by atoms with van der Waals surface area (Å²) in [7, 11) is 1.46. The monoisotopic (exact) mass is 619 g/mol. The highest BCUT2D eigenvalue weighted by molar-refractivity contribution is 5.96. The molecule has 0 aliphatic heterocycles. The third-order valence-electron chi connectivity index (χ3n) is 7.16. The van der Waals surface area contributed by atoms with E-state index in [0.717, 1.165) is 46.8 Å². The van der Waals surface area contributed by atoms with Gasteiger partial charge in [-0.3, -0.25) is 9.59 Å². The average Bonchev–Trinajstić information content (AvgIpc) is 3.41. The Morgan fingerprint density at radius 2 is 1.52 bits per heavy atom. The van der Waals surface area contributed by atoms with Crippen molar-refractivity contribution in [1.82, 2.24) is 14.8 Å². The zero-order chi connectivity index (χ0) is 31.9. The lowest BCUT2D eigenvalue weighted by molar-refractivity contribution is -0.138. The molecule has 6 nitrogen and oxygen atoms in total. The average molecular weight is 620 g/mol. The molecule has 0 spiro atoms. The van der Waals surface area contributed by atoms with Crippen molar-refractivity contribution in [1.29, 1.82) is 0 Å². The van der Waals surface area contributed by atoms with Crippen LogP contribution in [0.25, 0.3) is 10.9 Å². The number of nitrogens with one attached hydrogen (secondary N) is 1. The van der Waals surface area contributed by atoms with Crippen LogP contribution >= 0.6 is 0 Å². The molecule has 234 valence electrons. The van der Waals surface area contributed by atoms with E-state index in [0.29, 0.717) is 18.4 Å². The third-order valence-corrected chi connectivity index (χ3v) is 7.16. The second-order valence-corrected chi connectivity index (χ2v) is 10.3. The number of rotatable bonds is 12. The lowest BCUT2D eigenvalue weighted by Gasteiger charge is -2.28. The Hall–Kier alpha value is -4.32. The van der Waals surface area contributed by atoms with Crippen molar-refractivity contribution < 1.29 is 40.7 Å². The van der Waals surface area contributed by atoms with Crippen LogP contribution in [0.3, 0.4) is 0 Å². The minimum absolute atomic E-state index is 0.0330. The Bertz CT molecular complexity index is 1560. The summed E-state index contributed by atoms with van der Waals surface area (Å²) in [5.74, 6) is -1.27. The molecule has 1 heterocycles. The maximum absolute atomic E-state index is 13.7. The van der Waals surface area contributed by atoms with Crippen molar-refractivity contribution in [3.05, 3.63) is 107 Å². The second-order valence-electron chi connectivity index (χ2n) is 10.3. The van der Waals surface area contributed by atoms with Crippen molar-refractivity contribution in [3.8, 4) is 0 Å². The van der Waals surface area contributed by atoms with Gasteiger partial charge in [-0.15, -0.1) is 0 Å². The van der Waals surface area contributed by atoms with Crippen LogP contribution < -0.4 is 0 Å². The number of benzene rings is 3. The molecule has 0 aliphatic carbocycles. The maximum atomic E-state index is 13.7. The van der Waals surface area contributed by atoms with Crippen LogP contribution in [0.2, 0.25) is 0 Å². The van der Waals surface area contributed by atoms with Gasteiger partial charge >= 0.3 is 12.4 Å². The van der Waals surface area contributed by atoms with Crippen LogP contribution in [-0.4, -0.2) is 59.9 Å². The van der Waals surface area contributed by atoms with Gasteiger partial charge in [0.1, 0.15) is 6.54 Å². The fourth-order valence-corrected chi connectivity index (χ4v) is 4.83. The first-order chi connectivity index (χ1) is 20.9. The van der Waals surface area contributed by atoms with E-state index in [-0.39, 0.29) is 31.8 Å². The highest BCUT2D eigenvalue weighted by atomic mass is 19.4. The van der Waals surface area contributed by atoms with E-state index in [9.17, 15) is 35.9 Å². The molecule has 0 saturated carbocycles. The van der Waals surface area contributed by atoms with Crippen molar-refractivity contribution in [2.45, 2.75) is 31.7 Å². The van der Waals surface area contributed by atoms with Gasteiger partial charge in [0.05, 0.1) is 11.1 Å². The zero-order valence-electron chi connectivity index (χ0n) is 23.8. The summed E-state index contributed by atoms with van der Waals surface area (Å²) in [4.78, 5) is 32.9. The van der Waals surface area contributed by atoms with Crippen LogP contribution in [0, 0.1) is 0 Å². The van der Waals surface area contributed by atoms with Gasteiger partial charge in [0.2, 0.25) is 5.91 Å². The van der Waals surface area contributed by atoms with Crippen molar-refractivity contribution >= 4 is 22.7 Å². The number of amides is 2. The minimum Gasteiger partial charge on any atom is -0.385 e. The number of methoxy groups -OCH3 is 1. The molecule has 2 amide bonds. The molecule has 4 aromatic rings. The van der Waals surface area contributed by atoms with Gasteiger partial charge in [-0.25, -0.2) is 0 Å². The summed E-state index contributed by atoms with van der Waals surface area (Å²) >= 11 is 0. The van der Waals surface area contributed by atoms with Crippen LogP contribution in [0.15, 0.2) is 79.0 Å². The molecule has 0 bridgehead atoms. The minimum atomic E-state index is -4.66. The topological polar surface area (TPSA) is 65.6 Å². The Labute approximate surface area is 250 Å². The molecule has 1 aromatic heterocycles. The lowest BCUT2D eigenvalue weighted by Crippen LogP contribution is -2.44. The zero-order valence-corrected chi connectivity index (χ0v) is 23.8. The van der Waals surface area contributed by atoms with Gasteiger partial charge in [0.25, 0.3) is 5.91 Å². The van der Waals surface area contributed by atoms with Crippen LogP contribution in [0.5, 0.6) is 0 Å². The van der Waals surface area contributed by atoms with E-state index >= 15 is 0 Å². The van der Waals surface area contributed by atoms with Gasteiger partial charge in [-0.1, -0.05) is 36.4 Å². The SMILES string of the molecule is COCCCN(CC(=O)N(CCc1c[nH]c2ccccc12)Cc1ccc(C(F)(F)F)cc1)C(=O)c1cccc(C(F)(F)F)c1. The number of carbonyl (C=O) groups is 2. The molecule has 0 unspecified atom stereocenters. The first-order valence-electron chi connectivity index (χ1n) is 13.8. The van der Waals surface area contributed by atoms with E-state index in [2.05, 4.69) is 4.98 Å². The Balaban J connectivity index is 1.59. The van der Waals surface area contributed by atoms with Crippen molar-refractivity contribution in [2.75, 3.05) is 33.4 Å². The predicted octanol–water partition coefficient (Wildman–Crippen LogP) is 6.96. The Kier molecular flexibility index (Phi) is 10.4. The van der Waals surface area contributed by atoms with E-state index in [1.54, 1.807) is 0 Å². The molecule has 0 radical (unpaired) electrons. The Morgan fingerprint density at radius 1 is 0.818 bits per heavy atom. The molecule has 0 fully saturated rings. The van der Waals surface area contributed by atoms with Gasteiger partial charge in [-0.2, -0.15) is 26.3 Å². The molecule has 0 saturated heterocycles. The van der Waals surface area contributed by atoms with E-state index < -0.39 is 41.8 Å². The van der Waals surface area contributed by atoms with Gasteiger partial charge in [0.15, 0.2) is 0 Å². The maximum Gasteiger partial charge on any atom is 0.416 e. The first-order valence-corrected chi connectivity index (χ1v) is 13.8. The lowest BCUT2D eigenvalue weighted by atomic mass is 10.1. The van der Waals surface area contributed by atoms with Crippen molar-refractivity contribution in [2.24, 2.45) is 0 Å². The normalized spacial score (nSPS) is 12.0. The summed E-state index contributed by atoms with van der Waals surface area (Å²) in [6, 6.07) is 16.0. The number of halogens is 6. The van der Waals surface area contributed by atoms with Crippen LogP contribution in [0.4, 0.5) is 26.3 Å². The first kappa shape index (κ1) is 32.6. The number of fused-ring (bicyclic) bond motifs is 1. The van der Waals surface area contributed by atoms with Gasteiger partial charge < -0.3 is 19.5 Å². The second kappa shape index (κ2) is 14.0. The smallest absolute Gasteiger partial charge is 0.385 e. The van der Waals surface area contributed by atoms with E-state index in [1.165, 1.54) is 35.1 Å². The molecule has 0 aliphatic rings. The number of H-pyrrole nitrogens is 1. The fraction of sp³-hybridized carbons (Fsp3) is 0.312. The molecule has 44 heavy (non-hydrogen) atoms. The van der Waals surface area contributed by atoms with E-state index in [4.69, 9.17) is 4.74 Å². The number of aromatic nitrogens is 1. The molecule has 3 aromatic carbocycles. The molecule has 1 N–H and O–H groups in total. The summed E-state index contributed by atoms with van der Waals surface area (Å²) in [5, 5.41) is 0.954. The van der Waals surface area contributed by atoms with Crippen molar-refractivity contribution in [3.63, 3.8) is 0 Å². The number of aromatic amines is 1. The molecule has 4 rings (SSSR count). The standard InChI is InChI=1S/C32H31F6N3O3/c1-44-17-5-15-41(30(43)23-6-4-7-26(18-23)32(36,37)38)21-29(42)40(20-22-10-12-25(13-11-22)31(33,34)35)16-14-24-19-39-28-9-3-2-8-27(24)28/h2-4,6-13,18-19,39H,5,14-17,20-21H2,1H3. The number of nitrogens with zero attached hydrogens (tertiary/aromatic N) is 2. The number of para-hydroxylation sites is 1. The summed E-state index contributed by atoms with van der Waals surface area (Å²) in [6.45, 7) is -0.0384. The summed E-state index contributed by atoms with van der Waals surface area (Å²) in [5.41, 5.74) is 0.226. The fourth-order valence-electron chi connectivity index (χ4n) is 4.83. The number of carbonyl (C=O) groups excluding carboxylic acids is 2. The molecule has 12 heteroatoms. The van der Waals surface area contributed by atoms with E-state index in [1.807, 2.05) is 30.5 Å². The largest absolute Gasteiger partial charge is 0.416 e. The molecular formula is C32H31F6N3O3. The molecule has 0 atom stereocenters. The van der Waals surface area contributed by atoms with Crippen LogP contribution in [0.1, 0.15) is 39.0 Å². The summed E-state index contributed by atoms with van der Waals surface area (Å²) in [6.07, 6.45) is -6.63. The molecular weight excluding hydrogens is 588 g/mol. The van der Waals surface area contributed by atoms with Gasteiger partial charge in [0, 0.05) is 56.0 Å². The number of ether oxygens (including phenoxy) is 1. The Morgan fingerprint density at radius 3 is 2.20 bits per heavy atom. The predicted molar refractivity (Wildman–Crippen MR) is 153 cm³/mol. The summed E-state index contributed by atoms with van der Waals surface area (Å²) < 4.78 is 84.4. The quantitative estimate of drug-likeness (QED) is 0.138. The number of hydrogen-bond acceptors (Lipinski definition) is 3.